The first-order chi connectivity index (χ1) is 9.02. The third kappa shape index (κ3) is 5.39. The lowest BCUT2D eigenvalue weighted by Gasteiger charge is -2.14. The van der Waals surface area contributed by atoms with Gasteiger partial charge in [0.05, 0.1) is 5.70 Å². The summed E-state index contributed by atoms with van der Waals surface area (Å²) in [5.41, 5.74) is 7.97. The van der Waals surface area contributed by atoms with Crippen LogP contribution in [-0.4, -0.2) is 17.6 Å². The predicted octanol–water partition coefficient (Wildman–Crippen LogP) is 1.60. The van der Waals surface area contributed by atoms with Gasteiger partial charge in [-0.2, -0.15) is 0 Å². The van der Waals surface area contributed by atoms with Crippen molar-refractivity contribution in [1.29, 1.82) is 0 Å². The fourth-order valence-corrected chi connectivity index (χ4v) is 1.59. The SMILES string of the molecule is C=C(NNC(=S)NCC)c1cccc(NC(C)=O)c1. The lowest BCUT2D eigenvalue weighted by atomic mass is 10.1. The van der Waals surface area contributed by atoms with Crippen LogP contribution in [0.3, 0.4) is 0 Å². The number of thiocarbonyl (C=S) groups is 1. The molecule has 102 valence electrons. The average molecular weight is 278 g/mol. The number of anilines is 1. The lowest BCUT2D eigenvalue weighted by Crippen LogP contribution is -2.42. The Kier molecular flexibility index (Phi) is 5.81. The third-order valence-electron chi connectivity index (χ3n) is 2.20. The number of nitrogens with one attached hydrogen (secondary N) is 4. The van der Waals surface area contributed by atoms with Crippen LogP contribution in [0.1, 0.15) is 19.4 Å². The van der Waals surface area contributed by atoms with E-state index in [2.05, 4.69) is 28.1 Å². The van der Waals surface area contributed by atoms with Crippen molar-refractivity contribution in [2.45, 2.75) is 13.8 Å². The first-order valence-electron chi connectivity index (χ1n) is 5.89. The molecule has 19 heavy (non-hydrogen) atoms. The summed E-state index contributed by atoms with van der Waals surface area (Å²) in [6.07, 6.45) is 0. The molecule has 4 N–H and O–H groups in total. The van der Waals surface area contributed by atoms with Gasteiger partial charge in [0.1, 0.15) is 0 Å². The minimum atomic E-state index is -0.109. The van der Waals surface area contributed by atoms with Crippen LogP contribution in [-0.2, 0) is 4.79 Å². The molecule has 0 aromatic heterocycles. The average Bonchev–Trinajstić information content (AvgIpc) is 2.36. The fraction of sp³-hybridized carbons (Fsp3) is 0.231. The zero-order valence-corrected chi connectivity index (χ0v) is 11.9. The zero-order chi connectivity index (χ0) is 14.3. The Bertz CT molecular complexity index is 487. The number of hydrogen-bond donors (Lipinski definition) is 4. The highest BCUT2D eigenvalue weighted by Gasteiger charge is 2.01. The molecule has 5 nitrogen and oxygen atoms in total. The van der Waals surface area contributed by atoms with E-state index in [0.29, 0.717) is 10.8 Å². The van der Waals surface area contributed by atoms with Gasteiger partial charge in [0, 0.05) is 24.7 Å². The van der Waals surface area contributed by atoms with E-state index in [1.54, 1.807) is 0 Å². The molecule has 0 saturated carbocycles. The minimum absolute atomic E-state index is 0.109. The predicted molar refractivity (Wildman–Crippen MR) is 82.3 cm³/mol. The number of hydrazine groups is 1. The summed E-state index contributed by atoms with van der Waals surface area (Å²) in [5, 5.41) is 6.17. The van der Waals surface area contributed by atoms with Crippen LogP contribution in [0.25, 0.3) is 5.70 Å². The van der Waals surface area contributed by atoms with Crippen LogP contribution >= 0.6 is 12.2 Å². The maximum Gasteiger partial charge on any atom is 0.221 e. The Morgan fingerprint density at radius 2 is 2.11 bits per heavy atom. The largest absolute Gasteiger partial charge is 0.362 e. The van der Waals surface area contributed by atoms with Crippen LogP contribution in [0.2, 0.25) is 0 Å². The number of benzene rings is 1. The molecule has 0 saturated heterocycles. The molecule has 0 spiro atoms. The highest BCUT2D eigenvalue weighted by molar-refractivity contribution is 7.80. The molecule has 0 radical (unpaired) electrons. The molecule has 0 unspecified atom stereocenters. The van der Waals surface area contributed by atoms with Crippen LogP contribution in [0.5, 0.6) is 0 Å². The second-order valence-electron chi connectivity index (χ2n) is 3.85. The van der Waals surface area contributed by atoms with Gasteiger partial charge < -0.3 is 10.6 Å². The van der Waals surface area contributed by atoms with E-state index in [1.165, 1.54) is 6.92 Å². The van der Waals surface area contributed by atoms with Gasteiger partial charge in [-0.25, -0.2) is 0 Å². The summed E-state index contributed by atoms with van der Waals surface area (Å²) in [7, 11) is 0. The molecule has 0 aliphatic heterocycles. The Balaban J connectivity index is 2.61. The third-order valence-corrected chi connectivity index (χ3v) is 2.44. The van der Waals surface area contributed by atoms with E-state index in [0.717, 1.165) is 17.8 Å². The van der Waals surface area contributed by atoms with Gasteiger partial charge >= 0.3 is 0 Å². The van der Waals surface area contributed by atoms with Gasteiger partial charge in [-0.1, -0.05) is 18.7 Å². The highest BCUT2D eigenvalue weighted by Crippen LogP contribution is 2.15. The van der Waals surface area contributed by atoms with Crippen LogP contribution < -0.4 is 21.5 Å². The number of carbonyl (C=O) groups is 1. The second-order valence-corrected chi connectivity index (χ2v) is 4.26. The monoisotopic (exact) mass is 278 g/mol. The van der Waals surface area contributed by atoms with Gasteiger partial charge in [-0.15, -0.1) is 0 Å². The Morgan fingerprint density at radius 1 is 1.37 bits per heavy atom. The summed E-state index contributed by atoms with van der Waals surface area (Å²) in [4.78, 5) is 11.0. The van der Waals surface area contributed by atoms with E-state index < -0.39 is 0 Å². The first-order valence-corrected chi connectivity index (χ1v) is 6.30. The van der Waals surface area contributed by atoms with E-state index >= 15 is 0 Å². The molecule has 1 aromatic rings. The van der Waals surface area contributed by atoms with Crippen molar-refractivity contribution in [3.05, 3.63) is 36.4 Å². The quantitative estimate of drug-likeness (QED) is 0.487. The highest BCUT2D eigenvalue weighted by atomic mass is 32.1. The molecule has 0 atom stereocenters. The Morgan fingerprint density at radius 3 is 2.74 bits per heavy atom. The van der Waals surface area contributed by atoms with Crippen molar-refractivity contribution in [2.24, 2.45) is 0 Å². The fourth-order valence-electron chi connectivity index (χ4n) is 1.40. The molecule has 0 fully saturated rings. The van der Waals surface area contributed by atoms with Gasteiger partial charge in [0.2, 0.25) is 5.91 Å². The molecule has 1 amide bonds. The van der Waals surface area contributed by atoms with Gasteiger partial charge in [-0.05, 0) is 31.3 Å². The summed E-state index contributed by atoms with van der Waals surface area (Å²) >= 11 is 5.02. The van der Waals surface area contributed by atoms with E-state index in [1.807, 2.05) is 31.2 Å². The van der Waals surface area contributed by atoms with E-state index in [4.69, 9.17) is 12.2 Å². The van der Waals surface area contributed by atoms with Crippen molar-refractivity contribution >= 4 is 34.6 Å². The van der Waals surface area contributed by atoms with Crippen molar-refractivity contribution in [2.75, 3.05) is 11.9 Å². The number of amides is 1. The summed E-state index contributed by atoms with van der Waals surface area (Å²) < 4.78 is 0. The van der Waals surface area contributed by atoms with Gasteiger partial charge in [-0.3, -0.25) is 15.6 Å². The van der Waals surface area contributed by atoms with E-state index in [-0.39, 0.29) is 5.91 Å². The summed E-state index contributed by atoms with van der Waals surface area (Å²) in [6.45, 7) is 8.08. The minimum Gasteiger partial charge on any atom is -0.362 e. The number of hydrogen-bond acceptors (Lipinski definition) is 3. The molecule has 0 bridgehead atoms. The smallest absolute Gasteiger partial charge is 0.221 e. The second kappa shape index (κ2) is 7.38. The van der Waals surface area contributed by atoms with Crippen LogP contribution in [0.4, 0.5) is 5.69 Å². The number of carbonyl (C=O) groups excluding carboxylic acids is 1. The summed E-state index contributed by atoms with van der Waals surface area (Å²) in [6, 6.07) is 7.37. The van der Waals surface area contributed by atoms with Crippen molar-refractivity contribution < 1.29 is 4.79 Å². The standard InChI is InChI=1S/C13H18N4OS/c1-4-14-13(19)17-16-9(2)11-6-5-7-12(8-11)15-10(3)18/h5-8,16H,2,4H2,1,3H3,(H,15,18)(H2,14,17,19). The molecule has 0 aliphatic carbocycles. The maximum atomic E-state index is 11.0. The van der Waals surface area contributed by atoms with Crippen molar-refractivity contribution in [3.63, 3.8) is 0 Å². The Hall–Kier alpha value is -2.08. The zero-order valence-electron chi connectivity index (χ0n) is 11.0. The Labute approximate surface area is 118 Å². The van der Waals surface area contributed by atoms with Crippen molar-refractivity contribution in [1.82, 2.24) is 16.2 Å². The lowest BCUT2D eigenvalue weighted by molar-refractivity contribution is -0.114. The van der Waals surface area contributed by atoms with Crippen LogP contribution in [0.15, 0.2) is 30.8 Å². The number of rotatable bonds is 5. The van der Waals surface area contributed by atoms with Gasteiger partial charge in [0.15, 0.2) is 5.11 Å². The molecule has 6 heteroatoms. The molecular weight excluding hydrogens is 260 g/mol. The van der Waals surface area contributed by atoms with Crippen molar-refractivity contribution in [3.8, 4) is 0 Å². The molecule has 0 aliphatic rings. The van der Waals surface area contributed by atoms with E-state index in [9.17, 15) is 4.79 Å². The molecular formula is C13H18N4OS. The first kappa shape index (κ1) is 15.0. The normalized spacial score (nSPS) is 9.37. The molecule has 0 heterocycles. The maximum absolute atomic E-state index is 11.0. The van der Waals surface area contributed by atoms with Crippen LogP contribution in [0, 0.1) is 0 Å². The topological polar surface area (TPSA) is 65.2 Å². The van der Waals surface area contributed by atoms with Gasteiger partial charge in [0.25, 0.3) is 0 Å². The molecule has 1 aromatic carbocycles. The summed E-state index contributed by atoms with van der Waals surface area (Å²) in [5.74, 6) is -0.109. The molecule has 1 rings (SSSR count).